The van der Waals surface area contributed by atoms with Gasteiger partial charge in [-0.15, -0.1) is 11.3 Å². The largest absolute Gasteiger partial charge is 0.301 e. The molecule has 2 aromatic heterocycles. The van der Waals surface area contributed by atoms with Crippen molar-refractivity contribution in [2.24, 2.45) is 5.92 Å². The SMILES string of the molecule is Cc1ncsc1CN(C)C[C@@H]1CCN(Cc2ccc3cn[nH]c3c2)C1. The Morgan fingerprint density at radius 3 is 3.16 bits per heavy atom. The van der Waals surface area contributed by atoms with E-state index >= 15 is 0 Å². The molecule has 0 amide bonds. The second kappa shape index (κ2) is 7.23. The fraction of sp³-hybridized carbons (Fsp3) is 0.474. The molecule has 132 valence electrons. The van der Waals surface area contributed by atoms with Gasteiger partial charge in [-0.1, -0.05) is 12.1 Å². The van der Waals surface area contributed by atoms with E-state index in [1.807, 2.05) is 11.7 Å². The number of hydrogen-bond acceptors (Lipinski definition) is 5. The third kappa shape index (κ3) is 3.92. The number of rotatable bonds is 6. The summed E-state index contributed by atoms with van der Waals surface area (Å²) in [6.07, 6.45) is 3.17. The van der Waals surface area contributed by atoms with E-state index in [1.54, 1.807) is 11.3 Å². The Kier molecular flexibility index (Phi) is 4.83. The van der Waals surface area contributed by atoms with Crippen LogP contribution >= 0.6 is 11.3 Å². The zero-order valence-electron chi connectivity index (χ0n) is 14.9. The molecule has 0 spiro atoms. The molecule has 0 saturated carbocycles. The van der Waals surface area contributed by atoms with Gasteiger partial charge in [0.2, 0.25) is 0 Å². The first kappa shape index (κ1) is 16.7. The molecule has 1 N–H and O–H groups in total. The number of aromatic amines is 1. The molecule has 3 heterocycles. The molecule has 1 fully saturated rings. The number of likely N-dealkylation sites (tertiary alicyclic amines) is 1. The fourth-order valence-corrected chi connectivity index (χ4v) is 4.63. The lowest BCUT2D eigenvalue weighted by atomic mass is 10.1. The monoisotopic (exact) mass is 355 g/mol. The van der Waals surface area contributed by atoms with Crippen molar-refractivity contribution in [2.75, 3.05) is 26.7 Å². The summed E-state index contributed by atoms with van der Waals surface area (Å²) in [5.41, 5.74) is 5.63. The molecule has 0 unspecified atom stereocenters. The van der Waals surface area contributed by atoms with E-state index in [4.69, 9.17) is 0 Å². The smallest absolute Gasteiger partial charge is 0.0798 e. The van der Waals surface area contributed by atoms with E-state index in [0.29, 0.717) is 0 Å². The second-order valence-corrected chi connectivity index (χ2v) is 8.18. The average Bonchev–Trinajstić information content (AvgIpc) is 3.30. The first-order chi connectivity index (χ1) is 12.2. The topological polar surface area (TPSA) is 48.1 Å². The number of nitrogens with zero attached hydrogens (tertiary/aromatic N) is 4. The summed E-state index contributed by atoms with van der Waals surface area (Å²) in [5.74, 6) is 0.758. The van der Waals surface area contributed by atoms with Crippen LogP contribution in [0.15, 0.2) is 29.9 Å². The molecular weight excluding hydrogens is 330 g/mol. The van der Waals surface area contributed by atoms with Gasteiger partial charge in [-0.3, -0.25) is 10.00 Å². The minimum Gasteiger partial charge on any atom is -0.301 e. The minimum absolute atomic E-state index is 0.758. The molecule has 1 atom stereocenters. The van der Waals surface area contributed by atoms with Crippen LogP contribution in [-0.4, -0.2) is 51.7 Å². The molecule has 6 heteroatoms. The van der Waals surface area contributed by atoms with Gasteiger partial charge in [0.15, 0.2) is 0 Å². The Morgan fingerprint density at radius 1 is 1.40 bits per heavy atom. The number of thiazole rings is 1. The van der Waals surface area contributed by atoms with Crippen LogP contribution in [0, 0.1) is 12.8 Å². The summed E-state index contributed by atoms with van der Waals surface area (Å²) in [5, 5.41) is 8.36. The van der Waals surface area contributed by atoms with Crippen molar-refractivity contribution in [2.45, 2.75) is 26.4 Å². The van der Waals surface area contributed by atoms with Crippen LogP contribution in [0.3, 0.4) is 0 Å². The van der Waals surface area contributed by atoms with E-state index in [2.05, 4.69) is 57.2 Å². The Morgan fingerprint density at radius 2 is 2.32 bits per heavy atom. The third-order valence-electron chi connectivity index (χ3n) is 5.11. The lowest BCUT2D eigenvalue weighted by Crippen LogP contribution is -2.28. The highest BCUT2D eigenvalue weighted by Gasteiger charge is 2.24. The minimum atomic E-state index is 0.758. The van der Waals surface area contributed by atoms with Gasteiger partial charge in [0.05, 0.1) is 22.9 Å². The quantitative estimate of drug-likeness (QED) is 0.737. The number of aryl methyl sites for hydroxylation is 1. The van der Waals surface area contributed by atoms with Crippen molar-refractivity contribution in [1.29, 1.82) is 0 Å². The number of hydrogen-bond donors (Lipinski definition) is 1. The van der Waals surface area contributed by atoms with E-state index in [9.17, 15) is 0 Å². The predicted octanol–water partition coefficient (Wildman–Crippen LogP) is 3.28. The number of H-pyrrole nitrogens is 1. The summed E-state index contributed by atoms with van der Waals surface area (Å²) < 4.78 is 0. The average molecular weight is 356 g/mol. The maximum atomic E-state index is 4.35. The lowest BCUT2D eigenvalue weighted by molar-refractivity contribution is 0.256. The van der Waals surface area contributed by atoms with Crippen LogP contribution in [0.2, 0.25) is 0 Å². The van der Waals surface area contributed by atoms with Crippen molar-refractivity contribution < 1.29 is 0 Å². The van der Waals surface area contributed by atoms with Crippen molar-refractivity contribution in [3.63, 3.8) is 0 Å². The molecule has 25 heavy (non-hydrogen) atoms. The first-order valence-corrected chi connectivity index (χ1v) is 9.77. The van der Waals surface area contributed by atoms with Gasteiger partial charge in [-0.2, -0.15) is 5.10 Å². The molecule has 1 saturated heterocycles. The van der Waals surface area contributed by atoms with Gasteiger partial charge in [0, 0.05) is 36.4 Å². The van der Waals surface area contributed by atoms with Gasteiger partial charge in [-0.05, 0) is 44.5 Å². The summed E-state index contributed by atoms with van der Waals surface area (Å²) in [4.78, 5) is 10.8. The highest BCUT2D eigenvalue weighted by Crippen LogP contribution is 2.22. The van der Waals surface area contributed by atoms with Gasteiger partial charge in [-0.25, -0.2) is 4.98 Å². The molecule has 1 aliphatic rings. The first-order valence-electron chi connectivity index (χ1n) is 8.89. The van der Waals surface area contributed by atoms with Crippen LogP contribution < -0.4 is 0 Å². The molecule has 1 aromatic carbocycles. The fourth-order valence-electron chi connectivity index (χ4n) is 3.77. The molecule has 5 nitrogen and oxygen atoms in total. The highest BCUT2D eigenvalue weighted by atomic mass is 32.1. The maximum Gasteiger partial charge on any atom is 0.0798 e. The summed E-state index contributed by atoms with van der Waals surface area (Å²) in [6.45, 7) is 7.69. The lowest BCUT2D eigenvalue weighted by Gasteiger charge is -2.21. The van der Waals surface area contributed by atoms with Crippen LogP contribution in [-0.2, 0) is 13.1 Å². The summed E-state index contributed by atoms with van der Waals surface area (Å²) >= 11 is 1.77. The van der Waals surface area contributed by atoms with Crippen LogP contribution in [0.1, 0.15) is 22.6 Å². The van der Waals surface area contributed by atoms with Gasteiger partial charge in [0.25, 0.3) is 0 Å². The maximum absolute atomic E-state index is 4.35. The molecule has 0 bridgehead atoms. The van der Waals surface area contributed by atoms with Crippen molar-refractivity contribution in [3.8, 4) is 0 Å². The Labute approximate surface area is 152 Å². The highest BCUT2D eigenvalue weighted by molar-refractivity contribution is 7.09. The summed E-state index contributed by atoms with van der Waals surface area (Å²) in [7, 11) is 2.23. The standard InChI is InChI=1S/C19H25N5S/c1-14-19(25-13-20-14)12-23(2)9-16-5-6-24(11-16)10-15-3-4-17-8-21-22-18(17)7-15/h3-4,7-8,13,16H,5-6,9-12H2,1-2H3,(H,21,22)/t16-/m0/s1. The Bertz CT molecular complexity index is 839. The van der Waals surface area contributed by atoms with Crippen LogP contribution in [0.5, 0.6) is 0 Å². The van der Waals surface area contributed by atoms with E-state index in [-0.39, 0.29) is 0 Å². The van der Waals surface area contributed by atoms with E-state index in [1.165, 1.54) is 41.0 Å². The molecule has 1 aliphatic heterocycles. The molecule has 0 aliphatic carbocycles. The Balaban J connectivity index is 1.29. The Hall–Kier alpha value is -1.76. The summed E-state index contributed by atoms with van der Waals surface area (Å²) in [6, 6.07) is 6.62. The molecule has 0 radical (unpaired) electrons. The zero-order valence-corrected chi connectivity index (χ0v) is 15.7. The molecule has 3 aromatic rings. The number of aromatic nitrogens is 3. The molecule has 4 rings (SSSR count). The van der Waals surface area contributed by atoms with Crippen molar-refractivity contribution in [3.05, 3.63) is 46.0 Å². The predicted molar refractivity (Wildman–Crippen MR) is 103 cm³/mol. The van der Waals surface area contributed by atoms with Gasteiger partial charge >= 0.3 is 0 Å². The van der Waals surface area contributed by atoms with Crippen LogP contribution in [0.25, 0.3) is 10.9 Å². The third-order valence-corrected chi connectivity index (χ3v) is 6.03. The van der Waals surface area contributed by atoms with E-state index < -0.39 is 0 Å². The van der Waals surface area contributed by atoms with Crippen molar-refractivity contribution in [1.82, 2.24) is 25.0 Å². The van der Waals surface area contributed by atoms with E-state index in [0.717, 1.165) is 31.1 Å². The van der Waals surface area contributed by atoms with Gasteiger partial charge in [0.1, 0.15) is 0 Å². The number of benzene rings is 1. The van der Waals surface area contributed by atoms with Gasteiger partial charge < -0.3 is 4.90 Å². The van der Waals surface area contributed by atoms with Crippen molar-refractivity contribution >= 4 is 22.2 Å². The second-order valence-electron chi connectivity index (χ2n) is 7.24. The number of nitrogens with one attached hydrogen (secondary N) is 1. The zero-order chi connectivity index (χ0) is 17.2. The molecular formula is C19H25N5S. The number of fused-ring (bicyclic) bond motifs is 1. The van der Waals surface area contributed by atoms with Crippen LogP contribution in [0.4, 0.5) is 0 Å². The normalized spacial score (nSPS) is 18.6.